The fourth-order valence-corrected chi connectivity index (χ4v) is 4.31. The summed E-state index contributed by atoms with van der Waals surface area (Å²) >= 11 is 0. The van der Waals surface area contributed by atoms with Crippen LogP contribution in [0.15, 0.2) is 53.4 Å². The predicted molar refractivity (Wildman–Crippen MR) is 94.7 cm³/mol. The maximum absolute atomic E-state index is 12.7. The lowest BCUT2D eigenvalue weighted by atomic mass is 10.2. The van der Waals surface area contributed by atoms with Crippen LogP contribution in [0.1, 0.15) is 10.4 Å². The Morgan fingerprint density at radius 2 is 1.54 bits per heavy atom. The monoisotopic (exact) mass is 375 g/mol. The maximum atomic E-state index is 12.7. The molecular weight excluding hydrogens is 356 g/mol. The van der Waals surface area contributed by atoms with E-state index >= 15 is 0 Å². The molecule has 0 amide bonds. The Morgan fingerprint density at radius 3 is 2.04 bits per heavy atom. The molecule has 0 saturated carbocycles. The topological polar surface area (TPSA) is 90.0 Å². The highest BCUT2D eigenvalue weighted by Crippen LogP contribution is 2.23. The zero-order valence-electron chi connectivity index (χ0n) is 14.3. The van der Waals surface area contributed by atoms with Gasteiger partial charge in [0.05, 0.1) is 18.0 Å². The molecule has 8 heteroatoms. The van der Waals surface area contributed by atoms with Crippen LogP contribution in [0.25, 0.3) is 0 Å². The van der Waals surface area contributed by atoms with Crippen LogP contribution in [0.5, 0.6) is 5.75 Å². The molecule has 3 rings (SSSR count). The molecule has 0 spiro atoms. The zero-order valence-corrected chi connectivity index (χ0v) is 15.1. The number of methoxy groups -OCH3 is 1. The number of carbonyl (C=O) groups is 1. The number of piperazine rings is 1. The molecule has 2 aromatic carbocycles. The molecule has 2 aromatic rings. The normalized spacial score (nSPS) is 15.7. The van der Waals surface area contributed by atoms with Gasteiger partial charge in [-0.3, -0.25) is 0 Å². The zero-order chi connectivity index (χ0) is 18.7. The van der Waals surface area contributed by atoms with E-state index in [4.69, 9.17) is 4.74 Å². The molecule has 138 valence electrons. The van der Waals surface area contributed by atoms with E-state index in [0.717, 1.165) is 5.69 Å². The van der Waals surface area contributed by atoms with Crippen LogP contribution < -0.4 is 14.7 Å². The van der Waals surface area contributed by atoms with Gasteiger partial charge in [0, 0.05) is 31.9 Å². The second kappa shape index (κ2) is 7.35. The van der Waals surface area contributed by atoms with Crippen LogP contribution in [0.2, 0.25) is 0 Å². The number of ether oxygens (including phenoxy) is 1. The number of hydrogen-bond donors (Lipinski definition) is 0. The molecule has 1 aliphatic rings. The van der Waals surface area contributed by atoms with Gasteiger partial charge in [-0.1, -0.05) is 12.1 Å². The number of rotatable bonds is 5. The van der Waals surface area contributed by atoms with Gasteiger partial charge in [0.15, 0.2) is 0 Å². The van der Waals surface area contributed by atoms with Crippen molar-refractivity contribution in [2.45, 2.75) is 4.90 Å². The second-order valence-corrected chi connectivity index (χ2v) is 7.84. The quantitative estimate of drug-likeness (QED) is 0.759. The molecule has 0 bridgehead atoms. The standard InChI is InChI=1S/C18H20N2O5S/c1-25-16-6-8-17(9-7-16)26(23,24)20-12-10-19(11-13-20)15-4-2-14(3-5-15)18(21)22/h2-9H,10-13H2,1H3,(H,21,22)/p-1. The lowest BCUT2D eigenvalue weighted by Gasteiger charge is -2.35. The van der Waals surface area contributed by atoms with Crippen molar-refractivity contribution in [3.63, 3.8) is 0 Å². The highest BCUT2D eigenvalue weighted by molar-refractivity contribution is 7.89. The van der Waals surface area contributed by atoms with Gasteiger partial charge in [-0.05, 0) is 42.0 Å². The summed E-state index contributed by atoms with van der Waals surface area (Å²) in [6.07, 6.45) is 0. The van der Waals surface area contributed by atoms with Crippen LogP contribution in [0.4, 0.5) is 5.69 Å². The van der Waals surface area contributed by atoms with Crippen molar-refractivity contribution in [2.75, 3.05) is 38.2 Å². The van der Waals surface area contributed by atoms with Crippen LogP contribution in [-0.2, 0) is 10.0 Å². The number of carboxylic acid groups (broad SMARTS) is 1. The fraction of sp³-hybridized carbons (Fsp3) is 0.278. The van der Waals surface area contributed by atoms with Gasteiger partial charge in [-0.2, -0.15) is 4.31 Å². The molecule has 0 atom stereocenters. The number of carbonyl (C=O) groups excluding carboxylic acids is 1. The summed E-state index contributed by atoms with van der Waals surface area (Å²) in [4.78, 5) is 13.1. The number of sulfonamides is 1. The lowest BCUT2D eigenvalue weighted by Crippen LogP contribution is -2.48. The summed E-state index contributed by atoms with van der Waals surface area (Å²) in [5.41, 5.74) is 0.978. The van der Waals surface area contributed by atoms with Crippen molar-refractivity contribution < 1.29 is 23.1 Å². The first-order chi connectivity index (χ1) is 12.4. The van der Waals surface area contributed by atoms with Gasteiger partial charge in [-0.15, -0.1) is 0 Å². The summed E-state index contributed by atoms with van der Waals surface area (Å²) in [6.45, 7) is 1.77. The number of carboxylic acids is 1. The number of anilines is 1. The van der Waals surface area contributed by atoms with Gasteiger partial charge in [0.25, 0.3) is 0 Å². The molecule has 26 heavy (non-hydrogen) atoms. The van der Waals surface area contributed by atoms with E-state index in [1.165, 1.54) is 23.5 Å². The van der Waals surface area contributed by atoms with E-state index in [-0.39, 0.29) is 10.5 Å². The van der Waals surface area contributed by atoms with E-state index in [1.807, 2.05) is 4.90 Å². The minimum absolute atomic E-state index is 0.120. The minimum atomic E-state index is -3.55. The van der Waals surface area contributed by atoms with E-state index in [1.54, 1.807) is 36.4 Å². The van der Waals surface area contributed by atoms with Crippen molar-refractivity contribution in [3.8, 4) is 5.75 Å². The van der Waals surface area contributed by atoms with Crippen LogP contribution in [-0.4, -0.2) is 52.0 Å². The van der Waals surface area contributed by atoms with Crippen LogP contribution >= 0.6 is 0 Å². The molecule has 0 N–H and O–H groups in total. The van der Waals surface area contributed by atoms with Crippen molar-refractivity contribution in [1.29, 1.82) is 0 Å². The lowest BCUT2D eigenvalue weighted by molar-refractivity contribution is -0.255. The van der Waals surface area contributed by atoms with E-state index < -0.39 is 16.0 Å². The molecule has 1 fully saturated rings. The SMILES string of the molecule is COc1ccc(S(=O)(=O)N2CCN(c3ccc(C(=O)[O-])cc3)CC2)cc1. The van der Waals surface area contributed by atoms with Gasteiger partial charge in [-0.25, -0.2) is 8.42 Å². The smallest absolute Gasteiger partial charge is 0.243 e. The largest absolute Gasteiger partial charge is 0.545 e. The Morgan fingerprint density at radius 1 is 0.962 bits per heavy atom. The molecule has 0 aromatic heterocycles. The van der Waals surface area contributed by atoms with Gasteiger partial charge in [0.2, 0.25) is 10.0 Å². The van der Waals surface area contributed by atoms with Crippen molar-refractivity contribution in [3.05, 3.63) is 54.1 Å². The first-order valence-corrected chi connectivity index (χ1v) is 9.56. The number of nitrogens with zero attached hydrogens (tertiary/aromatic N) is 2. The summed E-state index contributed by atoms with van der Waals surface area (Å²) < 4.78 is 32.0. The Labute approximate surface area is 152 Å². The number of aromatic carboxylic acids is 1. The third-order valence-electron chi connectivity index (χ3n) is 4.40. The highest BCUT2D eigenvalue weighted by Gasteiger charge is 2.28. The van der Waals surface area contributed by atoms with E-state index in [0.29, 0.717) is 31.9 Å². The average molecular weight is 375 g/mol. The molecule has 1 heterocycles. The molecule has 0 radical (unpaired) electrons. The van der Waals surface area contributed by atoms with E-state index in [9.17, 15) is 18.3 Å². The van der Waals surface area contributed by atoms with Crippen LogP contribution in [0, 0.1) is 0 Å². The first kappa shape index (κ1) is 18.2. The van der Waals surface area contributed by atoms with Gasteiger partial charge >= 0.3 is 0 Å². The van der Waals surface area contributed by atoms with E-state index in [2.05, 4.69) is 0 Å². The number of benzene rings is 2. The molecule has 1 saturated heterocycles. The van der Waals surface area contributed by atoms with Crippen molar-refractivity contribution >= 4 is 21.7 Å². The number of hydrogen-bond acceptors (Lipinski definition) is 6. The minimum Gasteiger partial charge on any atom is -0.545 e. The second-order valence-electron chi connectivity index (χ2n) is 5.90. The Hall–Kier alpha value is -2.58. The van der Waals surface area contributed by atoms with Crippen molar-refractivity contribution in [2.24, 2.45) is 0 Å². The summed E-state index contributed by atoms with van der Waals surface area (Å²) in [5.74, 6) is -0.610. The fourth-order valence-electron chi connectivity index (χ4n) is 2.89. The molecule has 1 aliphatic heterocycles. The Kier molecular flexibility index (Phi) is 5.15. The molecular formula is C18H19N2O5S-. The molecule has 0 aliphatic carbocycles. The third kappa shape index (κ3) is 3.66. The Balaban J connectivity index is 1.68. The molecule has 0 unspecified atom stereocenters. The first-order valence-electron chi connectivity index (χ1n) is 8.12. The Bertz CT molecular complexity index is 871. The highest BCUT2D eigenvalue weighted by atomic mass is 32.2. The van der Waals surface area contributed by atoms with Gasteiger partial charge in [0.1, 0.15) is 5.75 Å². The third-order valence-corrected chi connectivity index (χ3v) is 6.32. The summed E-state index contributed by atoms with van der Waals surface area (Å²) in [5, 5.41) is 10.8. The summed E-state index contributed by atoms with van der Waals surface area (Å²) in [6, 6.07) is 12.7. The van der Waals surface area contributed by atoms with Gasteiger partial charge < -0.3 is 19.5 Å². The average Bonchev–Trinajstić information content (AvgIpc) is 2.68. The molecule has 7 nitrogen and oxygen atoms in total. The van der Waals surface area contributed by atoms with Crippen LogP contribution in [0.3, 0.4) is 0 Å². The van der Waals surface area contributed by atoms with Crippen molar-refractivity contribution in [1.82, 2.24) is 4.31 Å². The summed E-state index contributed by atoms with van der Waals surface area (Å²) in [7, 11) is -2.02. The maximum Gasteiger partial charge on any atom is 0.243 e. The predicted octanol–water partition coefficient (Wildman–Crippen LogP) is 0.570.